The molecule has 3 aromatic carbocycles. The number of nitrogens with one attached hydrogen (secondary N) is 3. The molecule has 1 heterocycles. The Hall–Kier alpha value is -5.54. The number of methoxy groups -OCH3 is 1. The number of ether oxygens (including phenoxy) is 4. The van der Waals surface area contributed by atoms with Crippen molar-refractivity contribution in [3.05, 3.63) is 100 Å². The molecule has 0 fully saturated rings. The van der Waals surface area contributed by atoms with E-state index >= 15 is 0 Å². The van der Waals surface area contributed by atoms with Gasteiger partial charge in [-0.15, -0.1) is 0 Å². The Morgan fingerprint density at radius 3 is 2.70 bits per heavy atom. The van der Waals surface area contributed by atoms with Crippen LogP contribution >= 0.6 is 0 Å². The second-order valence-corrected chi connectivity index (χ2v) is 9.55. The van der Waals surface area contributed by atoms with E-state index in [0.29, 0.717) is 40.7 Å². The maximum Gasteiger partial charge on any atom is 0.337 e. The molecule has 1 aliphatic rings. The molecule has 3 aromatic rings. The zero-order valence-corrected chi connectivity index (χ0v) is 24.5. The first-order valence-corrected chi connectivity index (χ1v) is 13.8. The van der Waals surface area contributed by atoms with Gasteiger partial charge < -0.3 is 34.7 Å². The van der Waals surface area contributed by atoms with Crippen molar-refractivity contribution in [2.24, 2.45) is 5.10 Å². The second-order valence-electron chi connectivity index (χ2n) is 9.55. The van der Waals surface area contributed by atoms with E-state index in [2.05, 4.69) is 27.2 Å². The summed E-state index contributed by atoms with van der Waals surface area (Å²) in [6.07, 6.45) is 0.379. The number of rotatable bonds is 13. The number of hydrogen-bond acceptors (Lipinski definition) is 10. The number of allylic oxidation sites excluding steroid dienone is 1. The van der Waals surface area contributed by atoms with Gasteiger partial charge in [-0.25, -0.2) is 9.59 Å². The lowest BCUT2D eigenvalue weighted by Gasteiger charge is -2.28. The monoisotopic (exact) mass is 599 g/mol. The number of hydrazone groups is 1. The highest BCUT2D eigenvalue weighted by Crippen LogP contribution is 2.35. The normalized spacial score (nSPS) is 15.1. The summed E-state index contributed by atoms with van der Waals surface area (Å²) in [5.41, 5.74) is 5.93. The molecule has 1 aliphatic heterocycles. The minimum atomic E-state index is -1.15. The van der Waals surface area contributed by atoms with Crippen LogP contribution in [0.25, 0.3) is 0 Å². The van der Waals surface area contributed by atoms with Gasteiger partial charge in [-0.3, -0.25) is 5.43 Å². The van der Waals surface area contributed by atoms with E-state index in [1.807, 2.05) is 31.2 Å². The number of nitriles is 1. The van der Waals surface area contributed by atoms with Crippen molar-refractivity contribution in [1.82, 2.24) is 16.1 Å². The summed E-state index contributed by atoms with van der Waals surface area (Å²) in [5.74, 6) is 0.743. The Balaban J connectivity index is 1.36. The van der Waals surface area contributed by atoms with Crippen molar-refractivity contribution in [2.45, 2.75) is 32.7 Å². The predicted octanol–water partition coefficient (Wildman–Crippen LogP) is 3.66. The molecule has 12 heteroatoms. The molecule has 12 nitrogen and oxygen atoms in total. The zero-order chi connectivity index (χ0) is 31.5. The minimum absolute atomic E-state index is 0.158. The summed E-state index contributed by atoms with van der Waals surface area (Å²) >= 11 is 0. The number of benzene rings is 3. The number of aliphatic hydroxyl groups excluding tert-OH is 1. The van der Waals surface area contributed by atoms with E-state index in [4.69, 9.17) is 18.9 Å². The number of nitrogens with zero attached hydrogens (tertiary/aromatic N) is 2. The van der Waals surface area contributed by atoms with Crippen LogP contribution in [0.2, 0.25) is 0 Å². The van der Waals surface area contributed by atoms with E-state index in [-0.39, 0.29) is 18.8 Å². The van der Waals surface area contributed by atoms with Crippen molar-refractivity contribution in [3.63, 3.8) is 0 Å². The van der Waals surface area contributed by atoms with Crippen LogP contribution in [-0.4, -0.2) is 49.9 Å². The SMILES string of the molecule is CCOc1cc([C@H]2NC(=O)NC(C)=C2C(=O)OC)ccc1OC[C@H](O)N/N=C/c1cccc(OCc2ccccc2C#N)c1. The van der Waals surface area contributed by atoms with Gasteiger partial charge >= 0.3 is 12.0 Å². The number of amides is 2. The average molecular weight is 600 g/mol. The molecule has 2 amide bonds. The average Bonchev–Trinajstić information content (AvgIpc) is 3.03. The second kappa shape index (κ2) is 15.1. The van der Waals surface area contributed by atoms with Crippen molar-refractivity contribution in [2.75, 3.05) is 20.3 Å². The smallest absolute Gasteiger partial charge is 0.337 e. The Morgan fingerprint density at radius 2 is 1.93 bits per heavy atom. The summed E-state index contributed by atoms with van der Waals surface area (Å²) in [7, 11) is 1.27. The maximum atomic E-state index is 12.4. The van der Waals surface area contributed by atoms with Crippen molar-refractivity contribution in [3.8, 4) is 23.3 Å². The van der Waals surface area contributed by atoms with Gasteiger partial charge in [-0.1, -0.05) is 36.4 Å². The molecule has 4 N–H and O–H groups in total. The Morgan fingerprint density at radius 1 is 1.11 bits per heavy atom. The maximum absolute atomic E-state index is 12.4. The minimum Gasteiger partial charge on any atom is -0.490 e. The Labute approximate surface area is 254 Å². The van der Waals surface area contributed by atoms with E-state index < -0.39 is 24.3 Å². The van der Waals surface area contributed by atoms with Crippen LogP contribution in [0.1, 0.15) is 42.1 Å². The van der Waals surface area contributed by atoms with Crippen molar-refractivity contribution >= 4 is 18.2 Å². The molecule has 0 spiro atoms. The number of urea groups is 1. The highest BCUT2D eigenvalue weighted by molar-refractivity contribution is 5.95. The lowest BCUT2D eigenvalue weighted by atomic mass is 9.95. The molecule has 0 saturated carbocycles. The van der Waals surface area contributed by atoms with Crippen LogP contribution in [-0.2, 0) is 16.1 Å². The summed E-state index contributed by atoms with van der Waals surface area (Å²) in [4.78, 5) is 24.6. The van der Waals surface area contributed by atoms with Crippen LogP contribution in [0.4, 0.5) is 4.79 Å². The van der Waals surface area contributed by atoms with Gasteiger partial charge in [0.15, 0.2) is 17.7 Å². The van der Waals surface area contributed by atoms with Crippen LogP contribution in [0, 0.1) is 11.3 Å². The fourth-order valence-electron chi connectivity index (χ4n) is 4.42. The first-order valence-electron chi connectivity index (χ1n) is 13.8. The van der Waals surface area contributed by atoms with E-state index in [9.17, 15) is 20.0 Å². The highest BCUT2D eigenvalue weighted by Gasteiger charge is 2.32. The Kier molecular flexibility index (Phi) is 10.8. The van der Waals surface area contributed by atoms with Gasteiger partial charge in [0.05, 0.1) is 43.2 Å². The summed E-state index contributed by atoms with van der Waals surface area (Å²) in [6, 6.07) is 20.4. The number of esters is 1. The van der Waals surface area contributed by atoms with Gasteiger partial charge in [0.2, 0.25) is 0 Å². The molecule has 0 saturated heterocycles. The molecule has 0 radical (unpaired) electrons. The first kappa shape index (κ1) is 31.4. The molecule has 2 atom stereocenters. The fourth-order valence-corrected chi connectivity index (χ4v) is 4.42. The topological polar surface area (TPSA) is 164 Å². The molecule has 0 unspecified atom stereocenters. The van der Waals surface area contributed by atoms with Crippen LogP contribution in [0.3, 0.4) is 0 Å². The number of carbonyl (C=O) groups excluding carboxylic acids is 2. The lowest BCUT2D eigenvalue weighted by molar-refractivity contribution is -0.136. The molecule has 4 rings (SSSR count). The molecule has 0 aromatic heterocycles. The van der Waals surface area contributed by atoms with Gasteiger partial charge in [0, 0.05) is 11.3 Å². The van der Waals surface area contributed by atoms with Crippen LogP contribution < -0.4 is 30.3 Å². The molecule has 0 bridgehead atoms. The third-order valence-electron chi connectivity index (χ3n) is 6.50. The van der Waals surface area contributed by atoms with Crippen LogP contribution in [0.15, 0.2) is 83.1 Å². The molecular formula is C32H33N5O7. The van der Waals surface area contributed by atoms with E-state index in [1.54, 1.807) is 49.4 Å². The largest absolute Gasteiger partial charge is 0.490 e. The molecule has 228 valence electrons. The number of aliphatic hydroxyl groups is 1. The van der Waals surface area contributed by atoms with E-state index in [0.717, 1.165) is 11.1 Å². The van der Waals surface area contributed by atoms with Crippen LogP contribution in [0.5, 0.6) is 17.2 Å². The number of hydrogen-bond donors (Lipinski definition) is 4. The lowest BCUT2D eigenvalue weighted by Crippen LogP contribution is -2.45. The highest BCUT2D eigenvalue weighted by atomic mass is 16.5. The van der Waals surface area contributed by atoms with Crippen molar-refractivity contribution in [1.29, 1.82) is 5.26 Å². The van der Waals surface area contributed by atoms with Gasteiger partial charge in [-0.05, 0) is 55.3 Å². The summed E-state index contributed by atoms with van der Waals surface area (Å²) in [6.45, 7) is 3.85. The van der Waals surface area contributed by atoms with Gasteiger partial charge in [0.1, 0.15) is 19.0 Å². The number of carbonyl (C=O) groups is 2. The third kappa shape index (κ3) is 8.05. The zero-order valence-electron chi connectivity index (χ0n) is 24.5. The first-order chi connectivity index (χ1) is 21.3. The summed E-state index contributed by atoms with van der Waals surface area (Å²) < 4.78 is 22.3. The molecule has 0 aliphatic carbocycles. The molecule has 44 heavy (non-hydrogen) atoms. The Bertz CT molecular complexity index is 1600. The standard InChI is InChI=1S/C32H33N5O7/c1-4-42-27-15-22(30-29(31(39)41-3)20(2)35-32(40)36-30)12-13-26(27)44-19-28(38)37-34-17-21-8-7-11-25(14-21)43-18-24-10-6-5-9-23(24)16-33/h5-15,17,28,30,37-38H,4,18-19H2,1-3H3,(H2,35,36,40)/b34-17+/t28-,30+/m0/s1. The summed E-state index contributed by atoms with van der Waals surface area (Å²) in [5, 5.41) is 29.1. The van der Waals surface area contributed by atoms with Crippen molar-refractivity contribution < 1.29 is 33.6 Å². The predicted molar refractivity (Wildman–Crippen MR) is 161 cm³/mol. The van der Waals surface area contributed by atoms with Gasteiger partial charge in [0.25, 0.3) is 0 Å². The van der Waals surface area contributed by atoms with Gasteiger partial charge in [-0.2, -0.15) is 10.4 Å². The third-order valence-corrected chi connectivity index (χ3v) is 6.50. The van der Waals surface area contributed by atoms with E-state index in [1.165, 1.54) is 13.3 Å². The fraction of sp³-hybridized carbons (Fsp3) is 0.250. The quantitative estimate of drug-likeness (QED) is 0.0994. The molecular weight excluding hydrogens is 566 g/mol.